The van der Waals surface area contributed by atoms with E-state index >= 15 is 0 Å². The number of carbonyl (C=O) groups is 1. The maximum Gasteiger partial charge on any atom is 0.269 e. The summed E-state index contributed by atoms with van der Waals surface area (Å²) in [6.07, 6.45) is 0. The summed E-state index contributed by atoms with van der Waals surface area (Å²) in [5.41, 5.74) is 3.21. The predicted octanol–water partition coefficient (Wildman–Crippen LogP) is 4.36. The van der Waals surface area contributed by atoms with E-state index in [2.05, 4.69) is 24.3 Å². The normalized spacial score (nSPS) is 11.8. The first-order chi connectivity index (χ1) is 11.9. The van der Waals surface area contributed by atoms with Crippen molar-refractivity contribution in [3.05, 3.63) is 75.3 Å². The lowest BCUT2D eigenvalue weighted by atomic mass is 10.1. The Bertz CT molecular complexity index is 747. The lowest BCUT2D eigenvalue weighted by Gasteiger charge is -2.25. The van der Waals surface area contributed by atoms with E-state index in [0.717, 1.165) is 11.3 Å². The Morgan fingerprint density at radius 3 is 2.56 bits per heavy atom. The Morgan fingerprint density at radius 2 is 1.92 bits per heavy atom. The van der Waals surface area contributed by atoms with E-state index in [1.165, 1.54) is 23.3 Å². The van der Waals surface area contributed by atoms with Gasteiger partial charge in [0.2, 0.25) is 5.91 Å². The first kappa shape index (κ1) is 19.0. The molecule has 0 aliphatic heterocycles. The van der Waals surface area contributed by atoms with Crippen LogP contribution in [0.25, 0.3) is 0 Å². The molecule has 6 heteroatoms. The van der Waals surface area contributed by atoms with Crippen LogP contribution >= 0.6 is 11.8 Å². The van der Waals surface area contributed by atoms with Crippen LogP contribution in [0.2, 0.25) is 0 Å². The Labute approximate surface area is 152 Å². The van der Waals surface area contributed by atoms with Crippen LogP contribution in [-0.4, -0.2) is 28.5 Å². The third kappa shape index (κ3) is 5.32. The van der Waals surface area contributed by atoms with Crippen molar-refractivity contribution < 1.29 is 9.72 Å². The summed E-state index contributed by atoms with van der Waals surface area (Å²) in [7, 11) is 1.73. The number of rotatable bonds is 7. The number of hydrogen-bond acceptors (Lipinski definition) is 4. The summed E-state index contributed by atoms with van der Waals surface area (Å²) in [4.78, 5) is 24.5. The third-order valence-corrected chi connectivity index (χ3v) is 5.14. The second-order valence-electron chi connectivity index (χ2n) is 6.01. The topological polar surface area (TPSA) is 63.5 Å². The van der Waals surface area contributed by atoms with Gasteiger partial charge in [-0.3, -0.25) is 14.9 Å². The molecule has 2 aromatic rings. The molecule has 25 heavy (non-hydrogen) atoms. The lowest BCUT2D eigenvalue weighted by molar-refractivity contribution is -0.384. The number of carbonyl (C=O) groups excluding carboxylic acids is 1. The minimum atomic E-state index is -0.421. The minimum absolute atomic E-state index is 0.0103. The number of amides is 1. The summed E-state index contributed by atoms with van der Waals surface area (Å²) in [5, 5.41) is 10.9. The largest absolute Gasteiger partial charge is 0.338 e. The number of hydrogen-bond donors (Lipinski definition) is 0. The maximum absolute atomic E-state index is 12.4. The summed E-state index contributed by atoms with van der Waals surface area (Å²) >= 11 is 1.57. The summed E-state index contributed by atoms with van der Waals surface area (Å²) in [6, 6.07) is 14.5. The van der Waals surface area contributed by atoms with Gasteiger partial charge in [0, 0.05) is 24.9 Å². The van der Waals surface area contributed by atoms with Gasteiger partial charge in [-0.1, -0.05) is 42.0 Å². The summed E-state index contributed by atoms with van der Waals surface area (Å²) < 4.78 is 0. The fourth-order valence-corrected chi connectivity index (χ4v) is 3.29. The molecule has 0 N–H and O–H groups in total. The highest BCUT2D eigenvalue weighted by Crippen LogP contribution is 2.24. The zero-order chi connectivity index (χ0) is 18.4. The van der Waals surface area contributed by atoms with Crippen molar-refractivity contribution in [3.8, 4) is 0 Å². The molecule has 2 aromatic carbocycles. The summed E-state index contributed by atoms with van der Waals surface area (Å²) in [6.45, 7) is 3.92. The molecule has 0 radical (unpaired) electrons. The van der Waals surface area contributed by atoms with Gasteiger partial charge in [0.15, 0.2) is 0 Å². The second-order valence-corrected chi connectivity index (χ2v) is 7.00. The number of thioether (sulfide) groups is 1. The second kappa shape index (κ2) is 8.67. The quantitative estimate of drug-likeness (QED) is 0.545. The van der Waals surface area contributed by atoms with Crippen molar-refractivity contribution >= 4 is 23.4 Å². The van der Waals surface area contributed by atoms with Crippen molar-refractivity contribution in [2.24, 2.45) is 0 Å². The fraction of sp³-hybridized carbons (Fsp3) is 0.316. The van der Waals surface area contributed by atoms with Crippen LogP contribution in [0.3, 0.4) is 0 Å². The fourth-order valence-electron chi connectivity index (χ4n) is 2.38. The number of aryl methyl sites for hydroxylation is 1. The van der Waals surface area contributed by atoms with Crippen molar-refractivity contribution in [2.45, 2.75) is 25.6 Å². The average molecular weight is 358 g/mol. The molecule has 5 nitrogen and oxygen atoms in total. The highest BCUT2D eigenvalue weighted by molar-refractivity contribution is 7.99. The molecule has 0 saturated heterocycles. The van der Waals surface area contributed by atoms with Gasteiger partial charge in [-0.05, 0) is 25.0 Å². The number of nitro groups is 1. The molecule has 0 fully saturated rings. The SMILES string of the molecule is Cc1ccc(CSCC(=O)N(C)[C@H](C)c2cccc([N+](=O)[O-])c2)cc1. The van der Waals surface area contributed by atoms with E-state index in [1.54, 1.807) is 35.8 Å². The molecule has 132 valence electrons. The molecule has 0 aliphatic rings. The monoisotopic (exact) mass is 358 g/mol. The van der Waals surface area contributed by atoms with Crippen LogP contribution in [0.1, 0.15) is 29.7 Å². The molecular weight excluding hydrogens is 336 g/mol. The molecule has 0 heterocycles. The van der Waals surface area contributed by atoms with Crippen molar-refractivity contribution in [2.75, 3.05) is 12.8 Å². The first-order valence-electron chi connectivity index (χ1n) is 8.02. The zero-order valence-electron chi connectivity index (χ0n) is 14.6. The number of non-ortho nitro benzene ring substituents is 1. The standard InChI is InChI=1S/C19H22N2O3S/c1-14-7-9-16(10-8-14)12-25-13-19(22)20(3)15(2)17-5-4-6-18(11-17)21(23)24/h4-11,15H,12-13H2,1-3H3/t15-/m1/s1. The van der Waals surface area contributed by atoms with Crippen LogP contribution in [0.15, 0.2) is 48.5 Å². The molecule has 0 unspecified atom stereocenters. The first-order valence-corrected chi connectivity index (χ1v) is 9.17. The molecule has 0 bridgehead atoms. The van der Waals surface area contributed by atoms with Crippen LogP contribution in [-0.2, 0) is 10.5 Å². The molecule has 0 aromatic heterocycles. The molecule has 2 rings (SSSR count). The van der Waals surface area contributed by atoms with Gasteiger partial charge < -0.3 is 4.90 Å². The smallest absolute Gasteiger partial charge is 0.269 e. The van der Waals surface area contributed by atoms with Gasteiger partial charge in [0.1, 0.15) is 0 Å². The highest BCUT2D eigenvalue weighted by atomic mass is 32.2. The Morgan fingerprint density at radius 1 is 1.24 bits per heavy atom. The third-order valence-electron chi connectivity index (χ3n) is 4.15. The minimum Gasteiger partial charge on any atom is -0.338 e. The number of benzene rings is 2. The summed E-state index contributed by atoms with van der Waals surface area (Å²) in [5.74, 6) is 1.17. The Kier molecular flexibility index (Phi) is 6.58. The molecular formula is C19H22N2O3S. The molecule has 0 spiro atoms. The zero-order valence-corrected chi connectivity index (χ0v) is 15.5. The van der Waals surface area contributed by atoms with Gasteiger partial charge in [0.25, 0.3) is 5.69 Å². The van der Waals surface area contributed by atoms with E-state index in [4.69, 9.17) is 0 Å². The lowest BCUT2D eigenvalue weighted by Crippen LogP contribution is -2.31. The van der Waals surface area contributed by atoms with Crippen molar-refractivity contribution in [3.63, 3.8) is 0 Å². The van der Waals surface area contributed by atoms with Gasteiger partial charge in [-0.2, -0.15) is 0 Å². The van der Waals surface area contributed by atoms with Crippen molar-refractivity contribution in [1.82, 2.24) is 4.90 Å². The predicted molar refractivity (Wildman–Crippen MR) is 102 cm³/mol. The van der Waals surface area contributed by atoms with Crippen LogP contribution < -0.4 is 0 Å². The van der Waals surface area contributed by atoms with Crippen molar-refractivity contribution in [1.29, 1.82) is 0 Å². The molecule has 1 atom stereocenters. The highest BCUT2D eigenvalue weighted by Gasteiger charge is 2.19. The van der Waals surface area contributed by atoms with Crippen LogP contribution in [0.5, 0.6) is 0 Å². The van der Waals surface area contributed by atoms with E-state index in [9.17, 15) is 14.9 Å². The number of nitrogens with zero attached hydrogens (tertiary/aromatic N) is 2. The van der Waals surface area contributed by atoms with E-state index in [0.29, 0.717) is 5.75 Å². The van der Waals surface area contributed by atoms with E-state index < -0.39 is 4.92 Å². The molecule has 1 amide bonds. The van der Waals surface area contributed by atoms with Crippen LogP contribution in [0, 0.1) is 17.0 Å². The van der Waals surface area contributed by atoms with E-state index in [1.807, 2.05) is 13.8 Å². The van der Waals surface area contributed by atoms with Gasteiger partial charge in [0.05, 0.1) is 16.7 Å². The molecule has 0 saturated carbocycles. The maximum atomic E-state index is 12.4. The molecule has 0 aliphatic carbocycles. The Balaban J connectivity index is 1.91. The van der Waals surface area contributed by atoms with Gasteiger partial charge >= 0.3 is 0 Å². The number of nitro benzene ring substituents is 1. The Hall–Kier alpha value is -2.34. The average Bonchev–Trinajstić information content (AvgIpc) is 2.62. The van der Waals surface area contributed by atoms with Gasteiger partial charge in [-0.25, -0.2) is 0 Å². The van der Waals surface area contributed by atoms with E-state index in [-0.39, 0.29) is 17.6 Å². The van der Waals surface area contributed by atoms with Gasteiger partial charge in [-0.15, -0.1) is 11.8 Å². The van der Waals surface area contributed by atoms with Crippen LogP contribution in [0.4, 0.5) is 5.69 Å².